The van der Waals surface area contributed by atoms with Crippen molar-refractivity contribution in [1.29, 1.82) is 0 Å². The Hall–Kier alpha value is -2.76. The van der Waals surface area contributed by atoms with E-state index in [1.54, 1.807) is 0 Å². The zero-order valence-corrected chi connectivity index (χ0v) is 15.3. The Balaban J connectivity index is 1.55. The quantitative estimate of drug-likeness (QED) is 0.725. The third-order valence-corrected chi connectivity index (χ3v) is 4.99. The molecule has 0 aromatic carbocycles. The molecule has 1 saturated heterocycles. The van der Waals surface area contributed by atoms with Crippen LogP contribution in [0.3, 0.4) is 0 Å². The van der Waals surface area contributed by atoms with Gasteiger partial charge in [-0.15, -0.1) is 0 Å². The maximum atomic E-state index is 4.73. The molecule has 1 fully saturated rings. The van der Waals surface area contributed by atoms with E-state index in [4.69, 9.17) is 4.98 Å². The zero-order valence-electron chi connectivity index (χ0n) is 15.3. The first kappa shape index (κ1) is 16.7. The van der Waals surface area contributed by atoms with Crippen LogP contribution >= 0.6 is 0 Å². The van der Waals surface area contributed by atoms with Crippen molar-refractivity contribution in [3.05, 3.63) is 65.9 Å². The van der Waals surface area contributed by atoms with E-state index >= 15 is 0 Å². The van der Waals surface area contributed by atoms with Gasteiger partial charge >= 0.3 is 0 Å². The van der Waals surface area contributed by atoms with Crippen molar-refractivity contribution in [2.24, 2.45) is 0 Å². The fraction of sp³-hybridized carbons (Fsp3) is 0.400. The van der Waals surface area contributed by atoms with E-state index in [-0.39, 0.29) is 0 Å². The van der Waals surface area contributed by atoms with Crippen LogP contribution in [-0.2, 0) is 6.54 Å². The minimum atomic E-state index is 0.405. The van der Waals surface area contributed by atoms with Gasteiger partial charge in [-0.05, 0) is 44.4 Å². The zero-order chi connectivity index (χ0) is 17.9. The molecule has 1 atom stereocenters. The molecule has 0 radical (unpaired) electrons. The summed E-state index contributed by atoms with van der Waals surface area (Å²) in [6, 6.07) is 4.12. The van der Waals surface area contributed by atoms with Crippen LogP contribution in [-0.4, -0.2) is 37.6 Å². The Bertz CT molecular complexity index is 873. The fourth-order valence-electron chi connectivity index (χ4n) is 3.70. The van der Waals surface area contributed by atoms with Crippen LogP contribution in [0.5, 0.6) is 0 Å². The minimum Gasteiger partial charge on any atom is -0.354 e. The molecular formula is C20H24N6. The van der Waals surface area contributed by atoms with Crippen LogP contribution in [0.25, 0.3) is 0 Å². The van der Waals surface area contributed by atoms with E-state index in [9.17, 15) is 0 Å². The van der Waals surface area contributed by atoms with Gasteiger partial charge in [-0.1, -0.05) is 0 Å². The molecule has 0 N–H and O–H groups in total. The van der Waals surface area contributed by atoms with E-state index in [0.717, 1.165) is 55.5 Å². The number of rotatable bonds is 4. The molecule has 6 nitrogen and oxygen atoms in total. The van der Waals surface area contributed by atoms with E-state index in [0.29, 0.717) is 5.92 Å². The molecule has 3 aromatic heterocycles. The van der Waals surface area contributed by atoms with Gasteiger partial charge in [0.25, 0.3) is 0 Å². The minimum absolute atomic E-state index is 0.405. The summed E-state index contributed by atoms with van der Waals surface area (Å²) >= 11 is 0. The van der Waals surface area contributed by atoms with Crippen LogP contribution in [0.1, 0.15) is 41.5 Å². The molecule has 0 amide bonds. The van der Waals surface area contributed by atoms with Gasteiger partial charge in [0.05, 0.1) is 11.4 Å². The molecule has 6 heteroatoms. The van der Waals surface area contributed by atoms with Crippen molar-refractivity contribution in [1.82, 2.24) is 24.5 Å². The third-order valence-electron chi connectivity index (χ3n) is 4.99. The van der Waals surface area contributed by atoms with Crippen LogP contribution in [0.2, 0.25) is 0 Å². The molecule has 4 rings (SSSR count). The van der Waals surface area contributed by atoms with Crippen LogP contribution in [0.15, 0.2) is 43.1 Å². The first-order valence-electron chi connectivity index (χ1n) is 9.16. The first-order valence-corrected chi connectivity index (χ1v) is 9.16. The predicted molar refractivity (Wildman–Crippen MR) is 101 cm³/mol. The molecule has 0 aliphatic carbocycles. The summed E-state index contributed by atoms with van der Waals surface area (Å²) in [5.41, 5.74) is 3.20. The van der Waals surface area contributed by atoms with Gasteiger partial charge in [-0.25, -0.2) is 9.97 Å². The average Bonchev–Trinajstić information content (AvgIpc) is 3.13. The van der Waals surface area contributed by atoms with Gasteiger partial charge < -0.3 is 9.47 Å². The van der Waals surface area contributed by atoms with Crippen molar-refractivity contribution in [3.8, 4) is 0 Å². The molecule has 3 aromatic rings. The summed E-state index contributed by atoms with van der Waals surface area (Å²) in [7, 11) is 0. The summed E-state index contributed by atoms with van der Waals surface area (Å²) in [5, 5.41) is 0. The highest BCUT2D eigenvalue weighted by molar-refractivity contribution is 5.44. The number of aromatic nitrogens is 5. The normalized spacial score (nSPS) is 17.5. The standard InChI is InChI=1S/C20H24N6/c1-15-12-23-16(2)19(24-15)25-10-3-4-18(14-25)20-22-9-11-26(20)13-17-5-7-21-8-6-17/h5-9,11-12,18H,3-4,10,13-14H2,1-2H3/t18-/m1/s1. The topological polar surface area (TPSA) is 59.7 Å². The summed E-state index contributed by atoms with van der Waals surface area (Å²) in [6.45, 7) is 6.83. The van der Waals surface area contributed by atoms with Crippen LogP contribution in [0, 0.1) is 13.8 Å². The van der Waals surface area contributed by atoms with Gasteiger partial charge in [-0.3, -0.25) is 9.97 Å². The monoisotopic (exact) mass is 348 g/mol. The summed E-state index contributed by atoms with van der Waals surface area (Å²) in [4.78, 5) is 20.4. The largest absolute Gasteiger partial charge is 0.354 e. The van der Waals surface area contributed by atoms with Crippen LogP contribution < -0.4 is 4.90 Å². The van der Waals surface area contributed by atoms with Gasteiger partial charge in [0.15, 0.2) is 0 Å². The summed E-state index contributed by atoms with van der Waals surface area (Å²) in [6.07, 6.45) is 11.8. The molecule has 26 heavy (non-hydrogen) atoms. The number of hydrogen-bond donors (Lipinski definition) is 0. The van der Waals surface area contributed by atoms with Crippen LogP contribution in [0.4, 0.5) is 5.82 Å². The number of pyridine rings is 1. The van der Waals surface area contributed by atoms with Gasteiger partial charge in [0, 0.05) is 56.5 Å². The number of hydrogen-bond acceptors (Lipinski definition) is 5. The maximum Gasteiger partial charge on any atom is 0.150 e. The lowest BCUT2D eigenvalue weighted by Crippen LogP contribution is -2.36. The number of anilines is 1. The molecule has 0 saturated carbocycles. The highest BCUT2D eigenvalue weighted by atomic mass is 15.2. The van der Waals surface area contributed by atoms with Crippen molar-refractivity contribution in [2.45, 2.75) is 39.2 Å². The van der Waals surface area contributed by atoms with Crippen molar-refractivity contribution in [3.63, 3.8) is 0 Å². The molecule has 4 heterocycles. The van der Waals surface area contributed by atoms with E-state index in [1.807, 2.05) is 38.6 Å². The number of piperidine rings is 1. The molecule has 1 aliphatic rings. The molecule has 134 valence electrons. The lowest BCUT2D eigenvalue weighted by atomic mass is 9.97. The van der Waals surface area contributed by atoms with Crippen molar-refractivity contribution in [2.75, 3.05) is 18.0 Å². The molecule has 0 unspecified atom stereocenters. The second-order valence-electron chi connectivity index (χ2n) is 6.97. The lowest BCUT2D eigenvalue weighted by molar-refractivity contribution is 0.473. The van der Waals surface area contributed by atoms with Crippen molar-refractivity contribution < 1.29 is 0 Å². The van der Waals surface area contributed by atoms with E-state index < -0.39 is 0 Å². The number of nitrogens with zero attached hydrogens (tertiary/aromatic N) is 6. The SMILES string of the molecule is Cc1cnc(C)c(N2CCC[C@@H](c3nccn3Cc3ccncc3)C2)n1. The fourth-order valence-corrected chi connectivity index (χ4v) is 3.70. The summed E-state index contributed by atoms with van der Waals surface area (Å²) < 4.78 is 2.26. The highest BCUT2D eigenvalue weighted by Gasteiger charge is 2.26. The second-order valence-corrected chi connectivity index (χ2v) is 6.97. The molecule has 0 spiro atoms. The number of imidazole rings is 1. The maximum absolute atomic E-state index is 4.73. The Kier molecular flexibility index (Phi) is 4.65. The Morgan fingerprint density at radius 2 is 1.96 bits per heavy atom. The Morgan fingerprint density at radius 1 is 1.12 bits per heavy atom. The third kappa shape index (κ3) is 3.45. The van der Waals surface area contributed by atoms with Crippen molar-refractivity contribution >= 4 is 5.82 Å². The predicted octanol–water partition coefficient (Wildman–Crippen LogP) is 3.12. The second kappa shape index (κ2) is 7.23. The van der Waals surface area contributed by atoms with Gasteiger partial charge in [-0.2, -0.15) is 0 Å². The number of aryl methyl sites for hydroxylation is 2. The van der Waals surface area contributed by atoms with E-state index in [1.165, 1.54) is 5.56 Å². The Labute approximate surface area is 154 Å². The molecule has 1 aliphatic heterocycles. The lowest BCUT2D eigenvalue weighted by Gasteiger charge is -2.34. The van der Waals surface area contributed by atoms with E-state index in [2.05, 4.69) is 42.7 Å². The summed E-state index contributed by atoms with van der Waals surface area (Å²) in [5.74, 6) is 2.58. The Morgan fingerprint density at radius 3 is 2.81 bits per heavy atom. The van der Waals surface area contributed by atoms with Gasteiger partial charge in [0.2, 0.25) is 0 Å². The molecular weight excluding hydrogens is 324 g/mol. The highest BCUT2D eigenvalue weighted by Crippen LogP contribution is 2.29. The smallest absolute Gasteiger partial charge is 0.150 e. The first-order chi connectivity index (χ1) is 12.7. The molecule has 0 bridgehead atoms. The van der Waals surface area contributed by atoms with Gasteiger partial charge in [0.1, 0.15) is 11.6 Å². The average molecular weight is 348 g/mol.